The summed E-state index contributed by atoms with van der Waals surface area (Å²) in [4.78, 5) is 14.6. The van der Waals surface area contributed by atoms with E-state index in [2.05, 4.69) is 19.1 Å². The van der Waals surface area contributed by atoms with Crippen molar-refractivity contribution in [3.05, 3.63) is 64.2 Å². The molecule has 0 fully saturated rings. The van der Waals surface area contributed by atoms with Crippen LogP contribution in [0, 0.1) is 0 Å². The van der Waals surface area contributed by atoms with Gasteiger partial charge in [-0.25, -0.2) is 0 Å². The number of halogens is 1. The summed E-state index contributed by atoms with van der Waals surface area (Å²) in [5.41, 5.74) is 3.47. The zero-order valence-corrected chi connectivity index (χ0v) is 14.1. The first-order valence-electron chi connectivity index (χ1n) is 7.79. The van der Waals surface area contributed by atoms with Crippen LogP contribution >= 0.6 is 11.6 Å². The maximum absolute atomic E-state index is 12.7. The van der Waals surface area contributed by atoms with Gasteiger partial charge < -0.3 is 9.64 Å². The zero-order valence-electron chi connectivity index (χ0n) is 13.4. The van der Waals surface area contributed by atoms with Crippen molar-refractivity contribution in [3.8, 4) is 5.75 Å². The van der Waals surface area contributed by atoms with Crippen molar-refractivity contribution < 1.29 is 9.53 Å². The first-order chi connectivity index (χ1) is 11.1. The van der Waals surface area contributed by atoms with Gasteiger partial charge in [-0.2, -0.15) is 0 Å². The zero-order chi connectivity index (χ0) is 16.4. The molecule has 1 aliphatic rings. The van der Waals surface area contributed by atoms with Crippen LogP contribution in [0.2, 0.25) is 5.02 Å². The first-order valence-corrected chi connectivity index (χ1v) is 8.17. The van der Waals surface area contributed by atoms with E-state index >= 15 is 0 Å². The number of rotatable bonds is 3. The van der Waals surface area contributed by atoms with Crippen molar-refractivity contribution in [2.45, 2.75) is 25.8 Å². The SMILES string of the molecule is COc1ccc2c(c1)CCN(C(=O)Cc1ccc(Cl)cc1)C2C. The van der Waals surface area contributed by atoms with Crippen molar-refractivity contribution in [2.24, 2.45) is 0 Å². The van der Waals surface area contributed by atoms with Crippen molar-refractivity contribution in [2.75, 3.05) is 13.7 Å². The van der Waals surface area contributed by atoms with Crippen LogP contribution in [0.15, 0.2) is 42.5 Å². The molecule has 1 aliphatic heterocycles. The predicted octanol–water partition coefficient (Wildman–Crippen LogP) is 4.04. The maximum Gasteiger partial charge on any atom is 0.227 e. The Morgan fingerprint density at radius 3 is 2.70 bits per heavy atom. The summed E-state index contributed by atoms with van der Waals surface area (Å²) in [6.45, 7) is 2.83. The summed E-state index contributed by atoms with van der Waals surface area (Å²) >= 11 is 5.90. The van der Waals surface area contributed by atoms with Crippen LogP contribution in [0.25, 0.3) is 0 Å². The van der Waals surface area contributed by atoms with E-state index in [4.69, 9.17) is 16.3 Å². The van der Waals surface area contributed by atoms with Gasteiger partial charge in [-0.15, -0.1) is 0 Å². The molecule has 0 saturated heterocycles. The lowest BCUT2D eigenvalue weighted by molar-refractivity contribution is -0.133. The summed E-state index contributed by atoms with van der Waals surface area (Å²) in [6, 6.07) is 13.7. The number of nitrogens with zero attached hydrogens (tertiary/aromatic N) is 1. The molecule has 0 radical (unpaired) electrons. The smallest absolute Gasteiger partial charge is 0.227 e. The number of fused-ring (bicyclic) bond motifs is 1. The fourth-order valence-electron chi connectivity index (χ4n) is 3.15. The minimum Gasteiger partial charge on any atom is -0.497 e. The highest BCUT2D eigenvalue weighted by atomic mass is 35.5. The number of benzene rings is 2. The van der Waals surface area contributed by atoms with Gasteiger partial charge in [-0.3, -0.25) is 4.79 Å². The molecule has 23 heavy (non-hydrogen) atoms. The molecule has 2 aromatic rings. The number of carbonyl (C=O) groups excluding carboxylic acids is 1. The fourth-order valence-corrected chi connectivity index (χ4v) is 3.28. The molecule has 0 N–H and O–H groups in total. The Morgan fingerprint density at radius 2 is 2.00 bits per heavy atom. The molecule has 2 aromatic carbocycles. The van der Waals surface area contributed by atoms with Gasteiger partial charge in [0.15, 0.2) is 0 Å². The topological polar surface area (TPSA) is 29.5 Å². The Morgan fingerprint density at radius 1 is 1.26 bits per heavy atom. The predicted molar refractivity (Wildman–Crippen MR) is 92.0 cm³/mol. The van der Waals surface area contributed by atoms with Crippen molar-refractivity contribution in [1.29, 1.82) is 0 Å². The van der Waals surface area contributed by atoms with Crippen LogP contribution in [0.5, 0.6) is 5.75 Å². The van der Waals surface area contributed by atoms with Gasteiger partial charge in [0, 0.05) is 11.6 Å². The molecule has 0 bridgehead atoms. The summed E-state index contributed by atoms with van der Waals surface area (Å²) in [5.74, 6) is 1.03. The second-order valence-corrected chi connectivity index (χ2v) is 6.32. The van der Waals surface area contributed by atoms with Crippen molar-refractivity contribution >= 4 is 17.5 Å². The standard InChI is InChI=1S/C19H20ClNO2/c1-13-18-8-7-17(23-2)12-15(18)9-10-21(13)19(22)11-14-3-5-16(20)6-4-14/h3-8,12-13H,9-11H2,1-2H3. The van der Waals surface area contributed by atoms with Gasteiger partial charge in [0.2, 0.25) is 5.91 Å². The van der Waals surface area contributed by atoms with Gasteiger partial charge in [0.05, 0.1) is 19.6 Å². The Hall–Kier alpha value is -2.00. The molecular weight excluding hydrogens is 310 g/mol. The Labute approximate surface area is 141 Å². The summed E-state index contributed by atoms with van der Waals surface area (Å²) < 4.78 is 5.29. The minimum atomic E-state index is 0.0875. The van der Waals surface area contributed by atoms with E-state index in [1.54, 1.807) is 7.11 Å². The van der Waals surface area contributed by atoms with Crippen LogP contribution in [-0.2, 0) is 17.6 Å². The molecule has 1 atom stereocenters. The fraction of sp³-hybridized carbons (Fsp3) is 0.316. The highest BCUT2D eigenvalue weighted by Gasteiger charge is 2.27. The summed E-state index contributed by atoms with van der Waals surface area (Å²) in [5, 5.41) is 0.690. The van der Waals surface area contributed by atoms with Gasteiger partial charge in [-0.05, 0) is 54.3 Å². The Kier molecular flexibility index (Phi) is 4.58. The molecule has 0 aromatic heterocycles. The lowest BCUT2D eigenvalue weighted by Crippen LogP contribution is -2.39. The number of carbonyl (C=O) groups is 1. The van der Waals surface area contributed by atoms with Gasteiger partial charge in [-0.1, -0.05) is 29.8 Å². The lowest BCUT2D eigenvalue weighted by Gasteiger charge is -2.35. The van der Waals surface area contributed by atoms with E-state index in [0.717, 1.165) is 24.3 Å². The molecule has 120 valence electrons. The molecule has 0 aliphatic carbocycles. The number of ether oxygens (including phenoxy) is 1. The normalized spacial score (nSPS) is 16.8. The minimum absolute atomic E-state index is 0.0875. The van der Waals surface area contributed by atoms with E-state index in [9.17, 15) is 4.79 Å². The third kappa shape index (κ3) is 3.35. The molecule has 1 heterocycles. The number of hydrogen-bond donors (Lipinski definition) is 0. The van der Waals surface area contributed by atoms with Gasteiger partial charge >= 0.3 is 0 Å². The molecular formula is C19H20ClNO2. The third-order valence-corrected chi connectivity index (χ3v) is 4.73. The first kappa shape index (κ1) is 15.9. The van der Waals surface area contributed by atoms with Crippen molar-refractivity contribution in [3.63, 3.8) is 0 Å². The van der Waals surface area contributed by atoms with E-state index in [1.807, 2.05) is 35.2 Å². The number of amides is 1. The number of hydrogen-bond acceptors (Lipinski definition) is 2. The summed E-state index contributed by atoms with van der Waals surface area (Å²) in [6.07, 6.45) is 1.27. The maximum atomic E-state index is 12.7. The largest absolute Gasteiger partial charge is 0.497 e. The molecule has 1 unspecified atom stereocenters. The highest BCUT2D eigenvalue weighted by molar-refractivity contribution is 6.30. The second kappa shape index (κ2) is 6.63. The molecule has 3 nitrogen and oxygen atoms in total. The monoisotopic (exact) mass is 329 g/mol. The number of methoxy groups -OCH3 is 1. The quantitative estimate of drug-likeness (QED) is 0.850. The average Bonchev–Trinajstić information content (AvgIpc) is 2.56. The van der Waals surface area contributed by atoms with Crippen LogP contribution < -0.4 is 4.74 Å². The molecule has 1 amide bonds. The molecule has 4 heteroatoms. The Balaban J connectivity index is 1.76. The van der Waals surface area contributed by atoms with Crippen LogP contribution in [0.4, 0.5) is 0 Å². The van der Waals surface area contributed by atoms with Crippen LogP contribution in [0.1, 0.15) is 29.7 Å². The van der Waals surface area contributed by atoms with Gasteiger partial charge in [0.1, 0.15) is 5.75 Å². The van der Waals surface area contributed by atoms with E-state index < -0.39 is 0 Å². The highest BCUT2D eigenvalue weighted by Crippen LogP contribution is 2.32. The van der Waals surface area contributed by atoms with E-state index in [-0.39, 0.29) is 11.9 Å². The second-order valence-electron chi connectivity index (χ2n) is 5.88. The third-order valence-electron chi connectivity index (χ3n) is 4.48. The lowest BCUT2D eigenvalue weighted by atomic mass is 9.93. The van der Waals surface area contributed by atoms with Gasteiger partial charge in [0.25, 0.3) is 0 Å². The van der Waals surface area contributed by atoms with Crippen molar-refractivity contribution in [1.82, 2.24) is 4.90 Å². The summed E-state index contributed by atoms with van der Waals surface area (Å²) in [7, 11) is 1.68. The molecule has 0 saturated carbocycles. The van der Waals surface area contributed by atoms with E-state index in [0.29, 0.717) is 11.4 Å². The Bertz CT molecular complexity index is 712. The van der Waals surface area contributed by atoms with E-state index in [1.165, 1.54) is 11.1 Å². The average molecular weight is 330 g/mol. The van der Waals surface area contributed by atoms with Crippen LogP contribution in [-0.4, -0.2) is 24.5 Å². The molecule has 3 rings (SSSR count). The van der Waals surface area contributed by atoms with Crippen LogP contribution in [0.3, 0.4) is 0 Å². The molecule has 0 spiro atoms.